The highest BCUT2D eigenvalue weighted by atomic mass is 15.2. The van der Waals surface area contributed by atoms with Gasteiger partial charge in [-0.3, -0.25) is 4.90 Å². The number of rotatable bonds is 7. The molecule has 0 aromatic heterocycles. The predicted octanol–water partition coefficient (Wildman–Crippen LogP) is 2.89. The highest BCUT2D eigenvalue weighted by Crippen LogP contribution is 2.06. The van der Waals surface area contributed by atoms with E-state index in [0.29, 0.717) is 6.04 Å². The van der Waals surface area contributed by atoms with E-state index in [4.69, 9.17) is 0 Å². The van der Waals surface area contributed by atoms with Crippen LogP contribution in [0.1, 0.15) is 54.4 Å². The van der Waals surface area contributed by atoms with Crippen LogP contribution in [0.2, 0.25) is 0 Å². The van der Waals surface area contributed by atoms with Gasteiger partial charge in [-0.05, 0) is 46.7 Å². The van der Waals surface area contributed by atoms with Crippen LogP contribution >= 0.6 is 0 Å². The van der Waals surface area contributed by atoms with Crippen LogP contribution in [0.5, 0.6) is 0 Å². The molecule has 0 aliphatic heterocycles. The van der Waals surface area contributed by atoms with Gasteiger partial charge in [-0.15, -0.1) is 0 Å². The Balaban J connectivity index is 4.09. The van der Waals surface area contributed by atoms with E-state index < -0.39 is 0 Å². The second-order valence-corrected chi connectivity index (χ2v) is 5.32. The fraction of sp³-hybridized carbons (Fsp3) is 1.00. The minimum absolute atomic E-state index is 0.235. The second-order valence-electron chi connectivity index (χ2n) is 5.32. The fourth-order valence-electron chi connectivity index (χ4n) is 1.84. The first-order valence-electron chi connectivity index (χ1n) is 6.43. The molecule has 0 radical (unpaired) electrons. The minimum atomic E-state index is 0.235. The number of nitrogens with zero attached hydrogens (tertiary/aromatic N) is 1. The third kappa shape index (κ3) is 6.91. The lowest BCUT2D eigenvalue weighted by atomic mass is 10.1. The van der Waals surface area contributed by atoms with Crippen LogP contribution in [-0.2, 0) is 0 Å². The third-order valence-electron chi connectivity index (χ3n) is 2.77. The average molecular weight is 214 g/mol. The number of hydrogen-bond donors (Lipinski definition) is 1. The van der Waals surface area contributed by atoms with Gasteiger partial charge in [-0.1, -0.05) is 20.8 Å². The Morgan fingerprint density at radius 1 is 1.13 bits per heavy atom. The minimum Gasteiger partial charge on any atom is -0.311 e. The molecule has 0 heterocycles. The molecule has 0 amide bonds. The zero-order chi connectivity index (χ0) is 11.9. The SMILES string of the molecule is CCCN(CC)C(CC)CNC(C)(C)C. The lowest BCUT2D eigenvalue weighted by Crippen LogP contribution is -2.47. The highest BCUT2D eigenvalue weighted by molar-refractivity contribution is 4.77. The van der Waals surface area contributed by atoms with Gasteiger partial charge in [0.05, 0.1) is 0 Å². The maximum Gasteiger partial charge on any atom is 0.0218 e. The van der Waals surface area contributed by atoms with Gasteiger partial charge in [-0.2, -0.15) is 0 Å². The standard InChI is InChI=1S/C13H30N2/c1-7-10-15(9-3)12(8-2)11-14-13(4,5)6/h12,14H,7-11H2,1-6H3. The molecule has 0 aliphatic carbocycles. The molecule has 92 valence electrons. The Kier molecular flexibility index (Phi) is 7.20. The summed E-state index contributed by atoms with van der Waals surface area (Å²) < 4.78 is 0. The van der Waals surface area contributed by atoms with Crippen molar-refractivity contribution in [3.8, 4) is 0 Å². The molecule has 2 nitrogen and oxygen atoms in total. The van der Waals surface area contributed by atoms with E-state index in [9.17, 15) is 0 Å². The largest absolute Gasteiger partial charge is 0.311 e. The Hall–Kier alpha value is -0.0800. The van der Waals surface area contributed by atoms with Crippen molar-refractivity contribution < 1.29 is 0 Å². The van der Waals surface area contributed by atoms with Crippen LogP contribution in [0.3, 0.4) is 0 Å². The average Bonchev–Trinajstić information content (AvgIpc) is 2.15. The second kappa shape index (κ2) is 7.24. The van der Waals surface area contributed by atoms with E-state index in [1.54, 1.807) is 0 Å². The van der Waals surface area contributed by atoms with E-state index in [1.807, 2.05) is 0 Å². The van der Waals surface area contributed by atoms with E-state index >= 15 is 0 Å². The molecular formula is C13H30N2. The number of likely N-dealkylation sites (N-methyl/N-ethyl adjacent to an activating group) is 1. The monoisotopic (exact) mass is 214 g/mol. The van der Waals surface area contributed by atoms with Crippen molar-refractivity contribution in [2.75, 3.05) is 19.6 Å². The molecule has 0 fully saturated rings. The molecule has 0 rings (SSSR count). The molecule has 1 unspecified atom stereocenters. The van der Waals surface area contributed by atoms with Crippen molar-refractivity contribution in [1.82, 2.24) is 10.2 Å². The summed E-state index contributed by atoms with van der Waals surface area (Å²) in [6, 6.07) is 0.689. The van der Waals surface area contributed by atoms with Gasteiger partial charge in [0, 0.05) is 18.1 Å². The van der Waals surface area contributed by atoms with Crippen molar-refractivity contribution in [2.45, 2.75) is 66.0 Å². The zero-order valence-corrected chi connectivity index (χ0v) is 11.6. The highest BCUT2D eigenvalue weighted by Gasteiger charge is 2.17. The summed E-state index contributed by atoms with van der Waals surface area (Å²) in [5, 5.41) is 3.60. The van der Waals surface area contributed by atoms with Gasteiger partial charge < -0.3 is 5.32 Å². The summed E-state index contributed by atoms with van der Waals surface area (Å²) in [5.74, 6) is 0. The van der Waals surface area contributed by atoms with E-state index in [-0.39, 0.29) is 5.54 Å². The lowest BCUT2D eigenvalue weighted by molar-refractivity contribution is 0.186. The Bertz CT molecular complexity index is 149. The summed E-state index contributed by atoms with van der Waals surface area (Å²) in [5.41, 5.74) is 0.235. The summed E-state index contributed by atoms with van der Waals surface area (Å²) in [4.78, 5) is 2.58. The molecule has 2 heteroatoms. The van der Waals surface area contributed by atoms with Gasteiger partial charge in [-0.25, -0.2) is 0 Å². The van der Waals surface area contributed by atoms with Gasteiger partial charge in [0.2, 0.25) is 0 Å². The molecule has 0 aromatic carbocycles. The van der Waals surface area contributed by atoms with Crippen molar-refractivity contribution in [3.05, 3.63) is 0 Å². The molecule has 1 N–H and O–H groups in total. The first-order chi connectivity index (χ1) is 6.94. The Morgan fingerprint density at radius 2 is 1.73 bits per heavy atom. The molecule has 0 spiro atoms. The lowest BCUT2D eigenvalue weighted by Gasteiger charge is -2.32. The maximum atomic E-state index is 3.60. The van der Waals surface area contributed by atoms with Crippen LogP contribution in [0.25, 0.3) is 0 Å². The molecule has 15 heavy (non-hydrogen) atoms. The van der Waals surface area contributed by atoms with Crippen LogP contribution in [0.4, 0.5) is 0 Å². The molecular weight excluding hydrogens is 184 g/mol. The maximum absolute atomic E-state index is 3.60. The van der Waals surface area contributed by atoms with Gasteiger partial charge in [0.15, 0.2) is 0 Å². The summed E-state index contributed by atoms with van der Waals surface area (Å²) >= 11 is 0. The molecule has 0 aromatic rings. The summed E-state index contributed by atoms with van der Waals surface area (Å²) in [6.45, 7) is 17.0. The van der Waals surface area contributed by atoms with Crippen molar-refractivity contribution in [3.63, 3.8) is 0 Å². The first kappa shape index (κ1) is 14.9. The smallest absolute Gasteiger partial charge is 0.0218 e. The van der Waals surface area contributed by atoms with Crippen LogP contribution < -0.4 is 5.32 Å². The van der Waals surface area contributed by atoms with Crippen LogP contribution in [0, 0.1) is 0 Å². The normalized spacial score (nSPS) is 14.6. The van der Waals surface area contributed by atoms with E-state index in [1.165, 1.54) is 19.4 Å². The number of hydrogen-bond acceptors (Lipinski definition) is 2. The van der Waals surface area contributed by atoms with Gasteiger partial charge >= 0.3 is 0 Å². The van der Waals surface area contributed by atoms with E-state index in [2.05, 4.69) is 51.8 Å². The molecule has 0 saturated carbocycles. The van der Waals surface area contributed by atoms with Crippen molar-refractivity contribution in [2.24, 2.45) is 0 Å². The zero-order valence-electron chi connectivity index (χ0n) is 11.6. The van der Waals surface area contributed by atoms with Crippen LogP contribution in [0.15, 0.2) is 0 Å². The quantitative estimate of drug-likeness (QED) is 0.701. The van der Waals surface area contributed by atoms with Crippen LogP contribution in [-0.4, -0.2) is 36.1 Å². The fourth-order valence-corrected chi connectivity index (χ4v) is 1.84. The van der Waals surface area contributed by atoms with E-state index in [0.717, 1.165) is 13.1 Å². The van der Waals surface area contributed by atoms with Gasteiger partial charge in [0.1, 0.15) is 0 Å². The first-order valence-corrected chi connectivity index (χ1v) is 6.43. The summed E-state index contributed by atoms with van der Waals surface area (Å²) in [6.07, 6.45) is 2.48. The molecule has 0 saturated heterocycles. The third-order valence-corrected chi connectivity index (χ3v) is 2.77. The number of nitrogens with one attached hydrogen (secondary N) is 1. The van der Waals surface area contributed by atoms with Crippen molar-refractivity contribution >= 4 is 0 Å². The van der Waals surface area contributed by atoms with Crippen molar-refractivity contribution in [1.29, 1.82) is 0 Å². The Morgan fingerprint density at radius 3 is 2.07 bits per heavy atom. The Labute approximate surface area is 96.4 Å². The molecule has 0 bridgehead atoms. The molecule has 1 atom stereocenters. The molecule has 0 aliphatic rings. The predicted molar refractivity (Wildman–Crippen MR) is 69.4 cm³/mol. The van der Waals surface area contributed by atoms with Gasteiger partial charge in [0.25, 0.3) is 0 Å². The topological polar surface area (TPSA) is 15.3 Å². The summed E-state index contributed by atoms with van der Waals surface area (Å²) in [7, 11) is 0.